The van der Waals surface area contributed by atoms with Crippen molar-refractivity contribution in [3.8, 4) is 0 Å². The highest BCUT2D eigenvalue weighted by Crippen LogP contribution is 2.25. The molecule has 0 saturated heterocycles. The first kappa shape index (κ1) is 28.9. The molecule has 7 nitrogen and oxygen atoms in total. The summed E-state index contributed by atoms with van der Waals surface area (Å²) >= 11 is 0. The van der Waals surface area contributed by atoms with Gasteiger partial charge in [0.25, 0.3) is 10.0 Å². The Morgan fingerprint density at radius 3 is 1.92 bits per heavy atom. The molecule has 1 unspecified atom stereocenters. The Morgan fingerprint density at radius 2 is 1.39 bits per heavy atom. The second-order valence-corrected chi connectivity index (χ2v) is 11.3. The molecular formula is C30H37N3O4S. The maximum Gasteiger partial charge on any atom is 0.264 e. The number of benzene rings is 3. The standard InChI is InChI=1S/C30H37N3O4S/c1-5-24-17-19-26(20-18-24)33(38(36,37)27-15-11-8-12-16-27)22-29(34)32(21-25-13-9-7-10-14-25)28(6-2)30(35)31-23(3)4/h7-20,23,28H,5-6,21-22H2,1-4H3,(H,31,35). The number of anilines is 1. The van der Waals surface area contributed by atoms with E-state index in [1.165, 1.54) is 17.0 Å². The second kappa shape index (κ2) is 13.2. The van der Waals surface area contributed by atoms with Crippen LogP contribution in [0.3, 0.4) is 0 Å². The van der Waals surface area contributed by atoms with E-state index >= 15 is 0 Å². The average Bonchev–Trinajstić information content (AvgIpc) is 2.92. The number of carbonyl (C=O) groups is 2. The monoisotopic (exact) mass is 535 g/mol. The van der Waals surface area contributed by atoms with Gasteiger partial charge in [0.2, 0.25) is 11.8 Å². The van der Waals surface area contributed by atoms with Crippen LogP contribution in [-0.4, -0.2) is 43.8 Å². The second-order valence-electron chi connectivity index (χ2n) is 9.44. The van der Waals surface area contributed by atoms with E-state index in [1.54, 1.807) is 30.3 Å². The van der Waals surface area contributed by atoms with Crippen LogP contribution >= 0.6 is 0 Å². The van der Waals surface area contributed by atoms with Crippen LogP contribution in [-0.2, 0) is 32.6 Å². The first-order chi connectivity index (χ1) is 18.2. The zero-order valence-corrected chi connectivity index (χ0v) is 23.3. The van der Waals surface area contributed by atoms with E-state index in [9.17, 15) is 18.0 Å². The molecule has 0 aromatic heterocycles. The van der Waals surface area contributed by atoms with Crippen LogP contribution in [0.15, 0.2) is 89.8 Å². The summed E-state index contributed by atoms with van der Waals surface area (Å²) in [6, 6.07) is 23.8. The zero-order valence-electron chi connectivity index (χ0n) is 22.5. The molecular weight excluding hydrogens is 498 g/mol. The molecule has 0 aliphatic carbocycles. The molecule has 2 amide bonds. The maximum absolute atomic E-state index is 14.0. The topological polar surface area (TPSA) is 86.8 Å². The zero-order chi connectivity index (χ0) is 27.7. The van der Waals surface area contributed by atoms with E-state index in [-0.39, 0.29) is 23.4 Å². The van der Waals surface area contributed by atoms with Gasteiger partial charge in [0.15, 0.2) is 0 Å². The van der Waals surface area contributed by atoms with Crippen molar-refractivity contribution < 1.29 is 18.0 Å². The summed E-state index contributed by atoms with van der Waals surface area (Å²) in [5.74, 6) is -0.727. The van der Waals surface area contributed by atoms with Crippen molar-refractivity contribution in [2.45, 2.75) is 64.1 Å². The summed E-state index contributed by atoms with van der Waals surface area (Å²) in [6.45, 7) is 7.33. The Kier molecular flexibility index (Phi) is 10.1. The van der Waals surface area contributed by atoms with Crippen LogP contribution < -0.4 is 9.62 Å². The SMILES string of the molecule is CCc1ccc(N(CC(=O)N(Cc2ccccc2)C(CC)C(=O)NC(C)C)S(=O)(=O)c2ccccc2)cc1. The fourth-order valence-electron chi connectivity index (χ4n) is 4.23. The lowest BCUT2D eigenvalue weighted by Crippen LogP contribution is -2.53. The van der Waals surface area contributed by atoms with Gasteiger partial charge in [0, 0.05) is 12.6 Å². The Hall–Kier alpha value is -3.65. The number of rotatable bonds is 12. The number of aryl methyl sites for hydroxylation is 1. The number of amides is 2. The molecule has 3 rings (SSSR count). The molecule has 1 atom stereocenters. The summed E-state index contributed by atoms with van der Waals surface area (Å²) in [6.07, 6.45) is 1.19. The Bertz CT molecular complexity index is 1290. The summed E-state index contributed by atoms with van der Waals surface area (Å²) < 4.78 is 28.7. The lowest BCUT2D eigenvalue weighted by molar-refractivity contribution is -0.140. The lowest BCUT2D eigenvalue weighted by atomic mass is 10.1. The number of carbonyl (C=O) groups excluding carboxylic acids is 2. The van der Waals surface area contributed by atoms with Crippen LogP contribution in [0.4, 0.5) is 5.69 Å². The van der Waals surface area contributed by atoms with E-state index in [0.29, 0.717) is 12.1 Å². The molecule has 0 bridgehead atoms. The van der Waals surface area contributed by atoms with Crippen molar-refractivity contribution >= 4 is 27.5 Å². The fourth-order valence-corrected chi connectivity index (χ4v) is 5.66. The van der Waals surface area contributed by atoms with Gasteiger partial charge < -0.3 is 10.2 Å². The third kappa shape index (κ3) is 7.22. The first-order valence-electron chi connectivity index (χ1n) is 13.0. The molecule has 8 heteroatoms. The highest BCUT2D eigenvalue weighted by molar-refractivity contribution is 7.92. The molecule has 38 heavy (non-hydrogen) atoms. The minimum atomic E-state index is -4.06. The van der Waals surface area contributed by atoms with Gasteiger partial charge in [-0.2, -0.15) is 0 Å². The number of hydrogen-bond donors (Lipinski definition) is 1. The largest absolute Gasteiger partial charge is 0.352 e. The fraction of sp³-hybridized carbons (Fsp3) is 0.333. The quantitative estimate of drug-likeness (QED) is 0.362. The third-order valence-electron chi connectivity index (χ3n) is 6.26. The maximum atomic E-state index is 14.0. The summed E-state index contributed by atoms with van der Waals surface area (Å²) in [4.78, 5) is 28.7. The van der Waals surface area contributed by atoms with Gasteiger partial charge in [-0.25, -0.2) is 8.42 Å². The van der Waals surface area contributed by atoms with Crippen molar-refractivity contribution in [2.24, 2.45) is 0 Å². The normalized spacial score (nSPS) is 12.1. The molecule has 3 aromatic rings. The third-order valence-corrected chi connectivity index (χ3v) is 8.04. The minimum Gasteiger partial charge on any atom is -0.352 e. The van der Waals surface area contributed by atoms with E-state index in [4.69, 9.17) is 0 Å². The van der Waals surface area contributed by atoms with E-state index in [1.807, 2.05) is 70.2 Å². The predicted molar refractivity (Wildman–Crippen MR) is 151 cm³/mol. The summed E-state index contributed by atoms with van der Waals surface area (Å²) in [5, 5.41) is 2.90. The Balaban J connectivity index is 2.04. The molecule has 0 spiro atoms. The molecule has 3 aromatic carbocycles. The highest BCUT2D eigenvalue weighted by atomic mass is 32.2. The van der Waals surface area contributed by atoms with Crippen molar-refractivity contribution in [2.75, 3.05) is 10.8 Å². The van der Waals surface area contributed by atoms with Crippen LogP contribution in [0.25, 0.3) is 0 Å². The van der Waals surface area contributed by atoms with Crippen LogP contribution in [0.1, 0.15) is 45.2 Å². The number of nitrogens with zero attached hydrogens (tertiary/aromatic N) is 2. The van der Waals surface area contributed by atoms with E-state index in [0.717, 1.165) is 21.9 Å². The van der Waals surface area contributed by atoms with Gasteiger partial charge in [-0.3, -0.25) is 13.9 Å². The molecule has 0 aliphatic heterocycles. The highest BCUT2D eigenvalue weighted by Gasteiger charge is 2.33. The van der Waals surface area contributed by atoms with E-state index < -0.39 is 28.5 Å². The van der Waals surface area contributed by atoms with Crippen molar-refractivity contribution in [1.29, 1.82) is 0 Å². The minimum absolute atomic E-state index is 0.0894. The Labute approximate surface area is 226 Å². The van der Waals surface area contributed by atoms with Gasteiger partial charge in [-0.15, -0.1) is 0 Å². The molecule has 0 fully saturated rings. The average molecular weight is 536 g/mol. The molecule has 1 N–H and O–H groups in total. The van der Waals surface area contributed by atoms with Crippen molar-refractivity contribution in [1.82, 2.24) is 10.2 Å². The van der Waals surface area contributed by atoms with Crippen molar-refractivity contribution in [3.05, 3.63) is 96.1 Å². The number of hydrogen-bond acceptors (Lipinski definition) is 4. The van der Waals surface area contributed by atoms with Crippen LogP contribution in [0, 0.1) is 0 Å². The molecule has 0 aliphatic rings. The van der Waals surface area contributed by atoms with Gasteiger partial charge in [0.05, 0.1) is 10.6 Å². The van der Waals surface area contributed by atoms with Gasteiger partial charge in [-0.05, 0) is 62.1 Å². The van der Waals surface area contributed by atoms with Crippen molar-refractivity contribution in [3.63, 3.8) is 0 Å². The van der Waals surface area contributed by atoms with Crippen LogP contribution in [0.2, 0.25) is 0 Å². The molecule has 0 radical (unpaired) electrons. The molecule has 202 valence electrons. The Morgan fingerprint density at radius 1 is 0.816 bits per heavy atom. The van der Waals surface area contributed by atoms with E-state index in [2.05, 4.69) is 5.32 Å². The first-order valence-corrected chi connectivity index (χ1v) is 14.4. The van der Waals surface area contributed by atoms with Gasteiger partial charge in [-0.1, -0.05) is 74.5 Å². The smallest absolute Gasteiger partial charge is 0.264 e. The molecule has 0 saturated carbocycles. The van der Waals surface area contributed by atoms with Gasteiger partial charge >= 0.3 is 0 Å². The van der Waals surface area contributed by atoms with Gasteiger partial charge in [0.1, 0.15) is 12.6 Å². The number of sulfonamides is 1. The lowest BCUT2D eigenvalue weighted by Gasteiger charge is -2.33. The van der Waals surface area contributed by atoms with Crippen LogP contribution in [0.5, 0.6) is 0 Å². The predicted octanol–water partition coefficient (Wildman–Crippen LogP) is 4.78. The summed E-state index contributed by atoms with van der Waals surface area (Å²) in [7, 11) is -4.06. The summed E-state index contributed by atoms with van der Waals surface area (Å²) in [5.41, 5.74) is 2.29. The molecule has 0 heterocycles. The number of nitrogens with one attached hydrogen (secondary N) is 1.